The van der Waals surface area contributed by atoms with Crippen molar-refractivity contribution in [1.29, 1.82) is 5.41 Å². The first kappa shape index (κ1) is 9.21. The zero-order valence-electron chi connectivity index (χ0n) is 3.37. The molecule has 0 aliphatic heterocycles. The summed E-state index contributed by atoms with van der Waals surface area (Å²) in [5.41, 5.74) is 4.74. The van der Waals surface area contributed by atoms with Gasteiger partial charge in [0.1, 0.15) is 5.84 Å². The third-order valence-electron chi connectivity index (χ3n) is 0.144. The van der Waals surface area contributed by atoms with Crippen LogP contribution in [0.15, 0.2) is 0 Å². The first-order valence-electron chi connectivity index (χ1n) is 1.16. The molecule has 0 aromatic carbocycles. The maximum Gasteiger partial charge on any atom is 0.106 e. The van der Waals surface area contributed by atoms with Crippen LogP contribution >= 0.6 is 11.6 Å². The molecular weight excluding hydrogens is 101 g/mol. The Kier molecular flexibility index (Phi) is 7.24. The number of hydrogen-bond acceptors (Lipinski definition) is 2. The summed E-state index contributed by atoms with van der Waals surface area (Å²) in [5, 5.41) is 6.39. The van der Waals surface area contributed by atoms with Crippen LogP contribution in [0.5, 0.6) is 0 Å². The van der Waals surface area contributed by atoms with E-state index in [0.717, 1.165) is 0 Å². The van der Waals surface area contributed by atoms with Gasteiger partial charge in [0.05, 0.1) is 5.88 Å². The normalized spacial score (nSPS) is 6.17. The van der Waals surface area contributed by atoms with Crippen molar-refractivity contribution in [2.45, 2.75) is 0 Å². The van der Waals surface area contributed by atoms with Gasteiger partial charge < -0.3 is 11.9 Å². The van der Waals surface area contributed by atoms with Gasteiger partial charge in [0, 0.05) is 0 Å². The van der Waals surface area contributed by atoms with Crippen molar-refractivity contribution in [3.05, 3.63) is 0 Å². The molecule has 0 saturated heterocycles. The molecule has 4 heteroatoms. The van der Waals surface area contributed by atoms with Gasteiger partial charge in [0.15, 0.2) is 0 Å². The molecule has 0 fully saturated rings. The molecule has 0 rings (SSSR count). The van der Waals surface area contributed by atoms with Gasteiger partial charge in [-0.25, -0.2) is 0 Å². The molecule has 0 aromatic heterocycles. The Morgan fingerprint density at radius 1 is 1.83 bits per heavy atom. The van der Waals surface area contributed by atoms with Crippen LogP contribution in [0.3, 0.4) is 0 Å². The lowest BCUT2D eigenvalue weighted by Gasteiger charge is -1.76. The number of rotatable bonds is 1. The van der Waals surface area contributed by atoms with Gasteiger partial charge >= 0.3 is 0 Å². The third kappa shape index (κ3) is 9.30. The minimum absolute atomic E-state index is 0. The molecule has 0 spiro atoms. The van der Waals surface area contributed by atoms with E-state index in [1.54, 1.807) is 0 Å². The van der Waals surface area contributed by atoms with Crippen LogP contribution in [0.25, 0.3) is 0 Å². The predicted octanol–water partition coefficient (Wildman–Crippen LogP) is 0.323. The summed E-state index contributed by atoms with van der Waals surface area (Å²) in [5.74, 6) is 0.159. The van der Waals surface area contributed by atoms with Crippen LogP contribution in [0.2, 0.25) is 0 Å². The lowest BCUT2D eigenvalue weighted by Crippen LogP contribution is -2.09. The molecule has 0 aliphatic rings. The molecule has 0 heterocycles. The number of amidine groups is 1. The number of hydrogen-bond donors (Lipinski definition) is 3. The van der Waals surface area contributed by atoms with E-state index in [9.17, 15) is 0 Å². The minimum Gasteiger partial charge on any atom is -0.387 e. The second-order valence-electron chi connectivity index (χ2n) is 0.659. The fraction of sp³-hybridized carbons (Fsp3) is 0.500. The van der Waals surface area contributed by atoms with Crippen LogP contribution in [0.4, 0.5) is 0 Å². The topological polar surface area (TPSA) is 84.9 Å². The van der Waals surface area contributed by atoms with E-state index < -0.39 is 0 Å². The molecule has 0 atom stereocenters. The number of alkyl halides is 1. The summed E-state index contributed by atoms with van der Waals surface area (Å²) in [6.07, 6.45) is 0. The van der Waals surface area contributed by atoms with E-state index in [4.69, 9.17) is 22.7 Å². The van der Waals surface area contributed by atoms with Crippen LogP contribution in [-0.2, 0) is 0 Å². The smallest absolute Gasteiger partial charge is 0.106 e. The quantitative estimate of drug-likeness (QED) is 0.257. The van der Waals surface area contributed by atoms with E-state index in [-0.39, 0.29) is 17.9 Å². The van der Waals surface area contributed by atoms with Gasteiger partial charge in [-0.3, -0.25) is 5.41 Å². The van der Waals surface area contributed by atoms with Crippen LogP contribution < -0.4 is 11.9 Å². The third-order valence-corrected chi connectivity index (χ3v) is 0.432. The van der Waals surface area contributed by atoms with Gasteiger partial charge in [-0.15, -0.1) is 11.6 Å². The zero-order valence-corrected chi connectivity index (χ0v) is 4.13. The van der Waals surface area contributed by atoms with E-state index >= 15 is 0 Å². The van der Waals surface area contributed by atoms with E-state index in [2.05, 4.69) is 0 Å². The lowest BCUT2D eigenvalue weighted by atomic mass is 10.7. The number of nitrogens with one attached hydrogen (secondary N) is 1. The second-order valence-corrected chi connectivity index (χ2v) is 0.926. The van der Waals surface area contributed by atoms with Crippen molar-refractivity contribution < 1.29 is 0 Å². The van der Waals surface area contributed by atoms with Gasteiger partial charge in [-0.2, -0.15) is 0 Å². The molecule has 6 N–H and O–H groups in total. The summed E-state index contributed by atoms with van der Waals surface area (Å²) < 4.78 is 0. The Hall–Kier alpha value is -0.280. The molecule has 0 aliphatic carbocycles. The van der Waals surface area contributed by atoms with Crippen molar-refractivity contribution in [1.82, 2.24) is 6.15 Å². The van der Waals surface area contributed by atoms with E-state index in [0.29, 0.717) is 0 Å². The van der Waals surface area contributed by atoms with Crippen molar-refractivity contribution in [2.24, 2.45) is 5.73 Å². The van der Waals surface area contributed by atoms with Crippen molar-refractivity contribution >= 4 is 17.4 Å². The fourth-order valence-electron chi connectivity index (χ4n) is 0. The van der Waals surface area contributed by atoms with Gasteiger partial charge in [-0.1, -0.05) is 0 Å². The Morgan fingerprint density at radius 3 is 2.00 bits per heavy atom. The lowest BCUT2D eigenvalue weighted by molar-refractivity contribution is 1.42. The van der Waals surface area contributed by atoms with Gasteiger partial charge in [0.25, 0.3) is 0 Å². The fourth-order valence-corrected chi connectivity index (χ4v) is 0. The average Bonchev–Trinajstić information content (AvgIpc) is 1.38. The zero-order chi connectivity index (χ0) is 4.28. The Balaban J connectivity index is 0. The highest BCUT2D eigenvalue weighted by Crippen LogP contribution is 1.65. The summed E-state index contributed by atoms with van der Waals surface area (Å²) >= 11 is 4.99. The molecule has 3 nitrogen and oxygen atoms in total. The Morgan fingerprint density at radius 2 is 2.00 bits per heavy atom. The molecule has 0 radical (unpaired) electrons. The van der Waals surface area contributed by atoms with Gasteiger partial charge in [0.2, 0.25) is 0 Å². The number of nitrogens with two attached hydrogens (primary N) is 1. The molecule has 0 aromatic rings. The van der Waals surface area contributed by atoms with Crippen LogP contribution in [0.1, 0.15) is 0 Å². The van der Waals surface area contributed by atoms with E-state index in [1.807, 2.05) is 0 Å². The van der Waals surface area contributed by atoms with Crippen molar-refractivity contribution in [2.75, 3.05) is 5.88 Å². The Bertz CT molecular complexity index is 44.1. The SMILES string of the molecule is N.N=C(N)CCl. The first-order chi connectivity index (χ1) is 2.27. The predicted molar refractivity (Wildman–Crippen MR) is 27.7 cm³/mol. The minimum atomic E-state index is 0. The molecule has 38 valence electrons. The summed E-state index contributed by atoms with van der Waals surface area (Å²) in [4.78, 5) is 0. The van der Waals surface area contributed by atoms with Crippen molar-refractivity contribution in [3.8, 4) is 0 Å². The average molecular weight is 110 g/mol. The standard InChI is InChI=1S/C2H5ClN2.H3N/c3-1-2(4)5;/h1H2,(H3,4,5);1H3. The van der Waals surface area contributed by atoms with Crippen LogP contribution in [-0.4, -0.2) is 11.7 Å². The maximum absolute atomic E-state index is 6.39. The molecule has 0 saturated carbocycles. The molecule has 0 unspecified atom stereocenters. The highest BCUT2D eigenvalue weighted by atomic mass is 35.5. The highest BCUT2D eigenvalue weighted by Gasteiger charge is 1.73. The summed E-state index contributed by atoms with van der Waals surface area (Å²) in [7, 11) is 0. The van der Waals surface area contributed by atoms with Crippen LogP contribution in [0, 0.1) is 5.41 Å². The summed E-state index contributed by atoms with van der Waals surface area (Å²) in [6, 6.07) is 0. The monoisotopic (exact) mass is 109 g/mol. The Labute approximate surface area is 41.6 Å². The molecule has 0 bridgehead atoms. The molecule has 0 amide bonds. The summed E-state index contributed by atoms with van der Waals surface area (Å²) in [6.45, 7) is 0. The highest BCUT2D eigenvalue weighted by molar-refractivity contribution is 6.27. The second kappa shape index (κ2) is 4.72. The molecule has 6 heavy (non-hydrogen) atoms. The van der Waals surface area contributed by atoms with Crippen molar-refractivity contribution in [3.63, 3.8) is 0 Å². The van der Waals surface area contributed by atoms with E-state index in [1.165, 1.54) is 0 Å². The largest absolute Gasteiger partial charge is 0.387 e. The number of halogens is 1. The van der Waals surface area contributed by atoms with Gasteiger partial charge in [-0.05, 0) is 0 Å². The molecular formula is C2H8ClN3. The first-order valence-corrected chi connectivity index (χ1v) is 1.69. The maximum atomic E-state index is 6.39.